The Morgan fingerprint density at radius 2 is 1.60 bits per heavy atom. The van der Waals surface area contributed by atoms with Gasteiger partial charge in [-0.05, 0) is 29.8 Å². The number of amides is 1. The predicted octanol–water partition coefficient (Wildman–Crippen LogP) is 3.23. The summed E-state index contributed by atoms with van der Waals surface area (Å²) in [5.41, 5.74) is 2.75. The zero-order valence-corrected chi connectivity index (χ0v) is 17.2. The molecule has 1 N–H and O–H groups in total. The number of aromatic nitrogens is 3. The molecule has 2 aromatic heterocycles. The van der Waals surface area contributed by atoms with Gasteiger partial charge in [-0.15, -0.1) is 0 Å². The molecule has 7 heteroatoms. The molecule has 1 unspecified atom stereocenters. The van der Waals surface area contributed by atoms with E-state index in [4.69, 9.17) is 0 Å². The molecular weight excluding hydrogens is 396 g/mol. The topological polar surface area (TPSA) is 68.9 Å². The lowest BCUT2D eigenvalue weighted by molar-refractivity contribution is -0.118. The molecule has 4 aromatic rings. The highest BCUT2D eigenvalue weighted by molar-refractivity contribution is 7.84. The highest BCUT2D eigenvalue weighted by Crippen LogP contribution is 2.21. The summed E-state index contributed by atoms with van der Waals surface area (Å²) in [4.78, 5) is 12.2. The quantitative estimate of drug-likeness (QED) is 0.478. The molecule has 0 radical (unpaired) electrons. The Morgan fingerprint density at radius 1 is 0.933 bits per heavy atom. The molecule has 6 nitrogen and oxygen atoms in total. The van der Waals surface area contributed by atoms with E-state index in [1.807, 2.05) is 94.4 Å². The largest absolute Gasteiger partial charge is 0.351 e. The van der Waals surface area contributed by atoms with Gasteiger partial charge >= 0.3 is 0 Å². The minimum absolute atomic E-state index is 0.0472. The zero-order chi connectivity index (χ0) is 20.8. The Hall–Kier alpha value is -3.45. The molecule has 0 fully saturated rings. The molecule has 0 bridgehead atoms. The average molecular weight is 419 g/mol. The summed E-state index contributed by atoms with van der Waals surface area (Å²) in [6, 6.07) is 23.3. The van der Waals surface area contributed by atoms with E-state index in [2.05, 4.69) is 10.4 Å². The van der Waals surface area contributed by atoms with Gasteiger partial charge in [0.25, 0.3) is 0 Å². The first kappa shape index (κ1) is 19.8. The Kier molecular flexibility index (Phi) is 6.20. The maximum atomic E-state index is 12.7. The molecular formula is C23H22N4O2S. The molecule has 0 saturated carbocycles. The van der Waals surface area contributed by atoms with Crippen molar-refractivity contribution >= 4 is 16.7 Å². The molecule has 0 aliphatic carbocycles. The molecule has 0 aliphatic rings. The summed E-state index contributed by atoms with van der Waals surface area (Å²) in [5, 5.41) is 7.34. The van der Waals surface area contributed by atoms with Gasteiger partial charge in [0.2, 0.25) is 5.91 Å². The minimum atomic E-state index is -1.35. The first-order valence-corrected chi connectivity index (χ1v) is 11.1. The van der Waals surface area contributed by atoms with Crippen LogP contribution in [0.25, 0.3) is 11.5 Å². The Balaban J connectivity index is 1.47. The second-order valence-electron chi connectivity index (χ2n) is 6.82. The molecule has 0 spiro atoms. The van der Waals surface area contributed by atoms with Gasteiger partial charge in [0.1, 0.15) is 11.6 Å². The summed E-state index contributed by atoms with van der Waals surface area (Å²) < 4.78 is 16.5. The summed E-state index contributed by atoms with van der Waals surface area (Å²) in [7, 11) is -1.35. The Bertz CT molecular complexity index is 1120. The van der Waals surface area contributed by atoms with Gasteiger partial charge in [-0.1, -0.05) is 48.5 Å². The van der Waals surface area contributed by atoms with Crippen LogP contribution in [0.4, 0.5) is 0 Å². The van der Waals surface area contributed by atoms with Gasteiger partial charge < -0.3 is 9.88 Å². The first-order chi connectivity index (χ1) is 14.7. The first-order valence-electron chi connectivity index (χ1n) is 9.62. The number of hydrogen-bond acceptors (Lipinski definition) is 3. The fraction of sp³-hybridized carbons (Fsp3) is 0.130. The van der Waals surface area contributed by atoms with Crippen molar-refractivity contribution < 1.29 is 9.00 Å². The van der Waals surface area contributed by atoms with Crippen molar-refractivity contribution in [1.29, 1.82) is 0 Å². The number of nitrogens with zero attached hydrogens (tertiary/aromatic N) is 3. The highest BCUT2D eigenvalue weighted by Gasteiger charge is 2.17. The average Bonchev–Trinajstić information content (AvgIpc) is 3.43. The highest BCUT2D eigenvalue weighted by atomic mass is 32.2. The van der Waals surface area contributed by atoms with Crippen molar-refractivity contribution in [2.75, 3.05) is 5.75 Å². The van der Waals surface area contributed by atoms with Crippen molar-refractivity contribution in [3.8, 4) is 11.5 Å². The summed E-state index contributed by atoms with van der Waals surface area (Å²) in [5.74, 6) is 0.799. The van der Waals surface area contributed by atoms with Gasteiger partial charge in [-0.2, -0.15) is 5.10 Å². The molecule has 0 saturated heterocycles. The number of rotatable bonds is 8. The number of carbonyl (C=O) groups is 1. The van der Waals surface area contributed by atoms with Crippen molar-refractivity contribution in [1.82, 2.24) is 19.7 Å². The fourth-order valence-electron chi connectivity index (χ4n) is 3.20. The lowest BCUT2D eigenvalue weighted by Crippen LogP contribution is -2.28. The van der Waals surface area contributed by atoms with E-state index in [1.165, 1.54) is 0 Å². The van der Waals surface area contributed by atoms with E-state index in [1.54, 1.807) is 6.20 Å². The molecule has 4 rings (SSSR count). The molecule has 2 aromatic carbocycles. The normalized spacial score (nSPS) is 11.9. The number of hydrogen-bond donors (Lipinski definition) is 1. The van der Waals surface area contributed by atoms with E-state index >= 15 is 0 Å². The third-order valence-electron chi connectivity index (χ3n) is 4.61. The summed E-state index contributed by atoms with van der Waals surface area (Å²) in [6.07, 6.45) is 5.58. The van der Waals surface area contributed by atoms with Crippen LogP contribution >= 0.6 is 0 Å². The number of carbonyl (C=O) groups excluding carboxylic acids is 1. The molecule has 1 amide bonds. The van der Waals surface area contributed by atoms with Crippen molar-refractivity contribution in [3.05, 3.63) is 103 Å². The van der Waals surface area contributed by atoms with Gasteiger partial charge in [-0.3, -0.25) is 9.00 Å². The van der Waals surface area contributed by atoms with Gasteiger partial charge in [0.15, 0.2) is 0 Å². The van der Waals surface area contributed by atoms with Crippen LogP contribution in [-0.4, -0.2) is 30.2 Å². The van der Waals surface area contributed by atoms with Crippen molar-refractivity contribution in [2.45, 2.75) is 12.3 Å². The van der Waals surface area contributed by atoms with Crippen LogP contribution in [0.5, 0.6) is 0 Å². The number of para-hydroxylation sites is 1. The van der Waals surface area contributed by atoms with Crippen LogP contribution < -0.4 is 5.32 Å². The number of nitrogens with one attached hydrogen (secondary N) is 1. The Labute approximate surface area is 177 Å². The van der Waals surface area contributed by atoms with E-state index in [9.17, 15) is 9.00 Å². The van der Waals surface area contributed by atoms with Gasteiger partial charge in [0, 0.05) is 35.3 Å². The second-order valence-corrected chi connectivity index (χ2v) is 8.28. The van der Waals surface area contributed by atoms with Gasteiger partial charge in [0.05, 0.1) is 17.6 Å². The van der Waals surface area contributed by atoms with E-state index < -0.39 is 10.8 Å². The molecule has 30 heavy (non-hydrogen) atoms. The summed E-state index contributed by atoms with van der Waals surface area (Å²) >= 11 is 0. The molecule has 2 heterocycles. The molecule has 1 atom stereocenters. The third kappa shape index (κ3) is 4.75. The maximum Gasteiger partial charge on any atom is 0.232 e. The van der Waals surface area contributed by atoms with Crippen LogP contribution in [0.15, 0.2) is 91.4 Å². The van der Waals surface area contributed by atoms with Crippen molar-refractivity contribution in [2.24, 2.45) is 0 Å². The van der Waals surface area contributed by atoms with Gasteiger partial charge in [-0.25, -0.2) is 4.68 Å². The second kappa shape index (κ2) is 9.37. The smallest absolute Gasteiger partial charge is 0.232 e. The van der Waals surface area contributed by atoms with Crippen LogP contribution in [0.1, 0.15) is 11.1 Å². The lowest BCUT2D eigenvalue weighted by atomic mass is 10.2. The lowest BCUT2D eigenvalue weighted by Gasteiger charge is -2.11. The third-order valence-corrected chi connectivity index (χ3v) is 5.82. The molecule has 152 valence electrons. The van der Waals surface area contributed by atoms with Crippen LogP contribution in [-0.2, 0) is 27.9 Å². The van der Waals surface area contributed by atoms with E-state index in [0.717, 1.165) is 22.6 Å². The van der Waals surface area contributed by atoms with Crippen molar-refractivity contribution in [3.63, 3.8) is 0 Å². The monoisotopic (exact) mass is 418 g/mol. The SMILES string of the molecule is O=C(CS(=O)Cc1cnn(-c2ccccc2)c1-n1cccc1)NCc1ccccc1. The maximum absolute atomic E-state index is 12.7. The van der Waals surface area contributed by atoms with E-state index in [0.29, 0.717) is 6.54 Å². The van der Waals surface area contributed by atoms with E-state index in [-0.39, 0.29) is 17.4 Å². The summed E-state index contributed by atoms with van der Waals surface area (Å²) in [6.45, 7) is 0.428. The minimum Gasteiger partial charge on any atom is -0.351 e. The zero-order valence-electron chi connectivity index (χ0n) is 16.3. The van der Waals surface area contributed by atoms with Crippen LogP contribution in [0.3, 0.4) is 0 Å². The van der Waals surface area contributed by atoms with Crippen LogP contribution in [0.2, 0.25) is 0 Å². The molecule has 0 aliphatic heterocycles. The standard InChI is InChI=1S/C23H22N4O2S/c28-22(24-15-19-9-3-1-4-10-19)18-30(29)17-20-16-25-27(21-11-5-2-6-12-21)23(20)26-13-7-8-14-26/h1-14,16H,15,17-18H2,(H,24,28). The number of benzene rings is 2. The Morgan fingerprint density at radius 3 is 2.30 bits per heavy atom. The van der Waals surface area contributed by atoms with Crippen LogP contribution in [0, 0.1) is 0 Å². The fourth-order valence-corrected chi connectivity index (χ4v) is 4.25. The predicted molar refractivity (Wildman–Crippen MR) is 118 cm³/mol.